The predicted octanol–water partition coefficient (Wildman–Crippen LogP) is 4.01. The first-order valence-corrected chi connectivity index (χ1v) is 9.76. The van der Waals surface area contributed by atoms with Crippen molar-refractivity contribution in [2.45, 2.75) is 36.8 Å². The summed E-state index contributed by atoms with van der Waals surface area (Å²) < 4.78 is 26.2. The molecule has 5 atom stereocenters. The van der Waals surface area contributed by atoms with Crippen molar-refractivity contribution in [3.63, 3.8) is 0 Å². The second-order valence-electron chi connectivity index (χ2n) is 7.07. The van der Waals surface area contributed by atoms with E-state index < -0.39 is 9.84 Å². The van der Waals surface area contributed by atoms with Gasteiger partial charge >= 0.3 is 0 Å². The third-order valence-corrected chi connectivity index (χ3v) is 8.18. The number of rotatable bonds is 2. The molecule has 0 radical (unpaired) electrons. The summed E-state index contributed by atoms with van der Waals surface area (Å²) in [6.45, 7) is 4.34. The minimum absolute atomic E-state index is 0.136. The molecule has 0 fully saturated rings. The standard InChI is InChI=1S/C19H22O2S/c1-12-10-17(22(20,21)16-6-4-3-5-7-16)13(2)19-15-9-8-14(11-15)18(12)19/h3-9,12-15,17H,10-11H2,1-2H3/t12-,13-,14+,15+,17-/m1/s1. The first kappa shape index (κ1) is 14.3. The molecule has 22 heavy (non-hydrogen) atoms. The van der Waals surface area contributed by atoms with Gasteiger partial charge in [-0.1, -0.05) is 55.3 Å². The maximum atomic E-state index is 13.1. The van der Waals surface area contributed by atoms with Crippen LogP contribution >= 0.6 is 0 Å². The molecule has 0 saturated heterocycles. The zero-order valence-electron chi connectivity index (χ0n) is 13.1. The highest BCUT2D eigenvalue weighted by Crippen LogP contribution is 2.55. The smallest absolute Gasteiger partial charge is 0.181 e. The second kappa shape index (κ2) is 4.82. The van der Waals surface area contributed by atoms with Gasteiger partial charge < -0.3 is 0 Å². The number of benzene rings is 1. The minimum atomic E-state index is -3.26. The molecule has 0 aromatic heterocycles. The molecule has 0 heterocycles. The number of allylic oxidation sites excluding steroid dienone is 4. The highest BCUT2D eigenvalue weighted by Gasteiger charge is 2.48. The van der Waals surface area contributed by atoms with E-state index in [0.717, 1.165) is 6.42 Å². The van der Waals surface area contributed by atoms with Crippen molar-refractivity contribution >= 4 is 9.84 Å². The van der Waals surface area contributed by atoms with Crippen LogP contribution < -0.4 is 0 Å². The van der Waals surface area contributed by atoms with Crippen LogP contribution in [0.3, 0.4) is 0 Å². The molecule has 3 aliphatic rings. The largest absolute Gasteiger partial charge is 0.223 e. The molecular formula is C19H22O2S. The van der Waals surface area contributed by atoms with Gasteiger partial charge in [0.1, 0.15) is 0 Å². The van der Waals surface area contributed by atoms with Gasteiger partial charge in [0.15, 0.2) is 9.84 Å². The van der Waals surface area contributed by atoms with Crippen LogP contribution in [0, 0.1) is 23.7 Å². The van der Waals surface area contributed by atoms with E-state index >= 15 is 0 Å². The van der Waals surface area contributed by atoms with Crippen molar-refractivity contribution < 1.29 is 8.42 Å². The van der Waals surface area contributed by atoms with Gasteiger partial charge in [0, 0.05) is 0 Å². The molecular weight excluding hydrogens is 292 g/mol. The summed E-state index contributed by atoms with van der Waals surface area (Å²) in [6, 6.07) is 8.96. The van der Waals surface area contributed by atoms with E-state index in [4.69, 9.17) is 0 Å². The number of hydrogen-bond donors (Lipinski definition) is 0. The average Bonchev–Trinajstić information content (AvgIpc) is 3.13. The Hall–Kier alpha value is -1.35. The fraction of sp³-hybridized carbons (Fsp3) is 0.474. The third kappa shape index (κ3) is 1.88. The quantitative estimate of drug-likeness (QED) is 0.773. The van der Waals surface area contributed by atoms with Crippen molar-refractivity contribution in [3.05, 3.63) is 53.6 Å². The zero-order valence-corrected chi connectivity index (χ0v) is 13.9. The first-order chi connectivity index (χ1) is 10.5. The summed E-state index contributed by atoms with van der Waals surface area (Å²) in [4.78, 5) is 0.474. The van der Waals surface area contributed by atoms with Gasteiger partial charge in [0.05, 0.1) is 10.1 Å². The first-order valence-electron chi connectivity index (χ1n) is 8.21. The summed E-state index contributed by atoms with van der Waals surface area (Å²) in [5.41, 5.74) is 3.00. The van der Waals surface area contributed by atoms with Gasteiger partial charge in [-0.2, -0.15) is 0 Å². The Balaban J connectivity index is 1.75. The molecule has 3 aliphatic carbocycles. The maximum absolute atomic E-state index is 13.1. The number of sulfone groups is 1. The van der Waals surface area contributed by atoms with Crippen molar-refractivity contribution in [1.29, 1.82) is 0 Å². The molecule has 0 saturated carbocycles. The molecule has 3 heteroatoms. The van der Waals surface area contributed by atoms with Crippen LogP contribution in [0.2, 0.25) is 0 Å². The van der Waals surface area contributed by atoms with E-state index in [2.05, 4.69) is 26.0 Å². The molecule has 0 unspecified atom stereocenters. The predicted molar refractivity (Wildman–Crippen MR) is 88.1 cm³/mol. The van der Waals surface area contributed by atoms with E-state index in [1.165, 1.54) is 12.0 Å². The molecule has 0 spiro atoms. The monoisotopic (exact) mass is 314 g/mol. The minimum Gasteiger partial charge on any atom is -0.223 e. The molecule has 2 nitrogen and oxygen atoms in total. The highest BCUT2D eigenvalue weighted by atomic mass is 32.2. The van der Waals surface area contributed by atoms with Crippen LogP contribution in [-0.2, 0) is 9.84 Å². The molecule has 0 amide bonds. The van der Waals surface area contributed by atoms with Gasteiger partial charge in [0.2, 0.25) is 0 Å². The Kier molecular flexibility index (Phi) is 3.12. The number of hydrogen-bond acceptors (Lipinski definition) is 2. The van der Waals surface area contributed by atoms with Gasteiger partial charge in [0.25, 0.3) is 0 Å². The molecule has 2 bridgehead atoms. The Labute approximate surface area is 132 Å². The van der Waals surface area contributed by atoms with Gasteiger partial charge in [-0.25, -0.2) is 8.42 Å². The van der Waals surface area contributed by atoms with E-state index in [9.17, 15) is 8.42 Å². The van der Waals surface area contributed by atoms with E-state index in [1.54, 1.807) is 17.7 Å². The normalized spacial score (nSPS) is 36.7. The van der Waals surface area contributed by atoms with Crippen molar-refractivity contribution in [2.24, 2.45) is 23.7 Å². The summed E-state index contributed by atoms with van der Waals surface area (Å²) in [5.74, 6) is 1.59. The number of fused-ring (bicyclic) bond motifs is 4. The van der Waals surface area contributed by atoms with Crippen LogP contribution in [-0.4, -0.2) is 13.7 Å². The van der Waals surface area contributed by atoms with Crippen molar-refractivity contribution in [2.75, 3.05) is 0 Å². The lowest BCUT2D eigenvalue weighted by atomic mass is 9.73. The molecule has 0 aliphatic heterocycles. The SMILES string of the molecule is C[C@@H]1C[C@@H](S(=O)(=O)c2ccccc2)[C@@H](C)C2=C1[C@H]1C=C[C@H]2C1. The van der Waals surface area contributed by atoms with E-state index in [0.29, 0.717) is 22.6 Å². The van der Waals surface area contributed by atoms with Crippen molar-refractivity contribution in [3.8, 4) is 0 Å². The summed E-state index contributed by atoms with van der Waals surface area (Å²) >= 11 is 0. The van der Waals surface area contributed by atoms with Crippen LogP contribution in [0.15, 0.2) is 58.5 Å². The Morgan fingerprint density at radius 3 is 2.23 bits per heavy atom. The lowest BCUT2D eigenvalue weighted by Gasteiger charge is -2.37. The molecule has 0 N–H and O–H groups in total. The summed E-state index contributed by atoms with van der Waals surface area (Å²) in [7, 11) is -3.26. The molecule has 4 rings (SSSR count). The second-order valence-corrected chi connectivity index (χ2v) is 9.23. The fourth-order valence-corrected chi connectivity index (χ4v) is 7.01. The Bertz CT molecular complexity index is 758. The Morgan fingerprint density at radius 2 is 1.55 bits per heavy atom. The Morgan fingerprint density at radius 1 is 0.909 bits per heavy atom. The zero-order chi connectivity index (χ0) is 15.5. The van der Waals surface area contributed by atoms with Crippen LogP contribution in [0.5, 0.6) is 0 Å². The topological polar surface area (TPSA) is 34.1 Å². The van der Waals surface area contributed by atoms with Crippen molar-refractivity contribution in [1.82, 2.24) is 0 Å². The highest BCUT2D eigenvalue weighted by molar-refractivity contribution is 7.92. The molecule has 116 valence electrons. The van der Waals surface area contributed by atoms with Gasteiger partial charge in [-0.3, -0.25) is 0 Å². The van der Waals surface area contributed by atoms with Crippen LogP contribution in [0.25, 0.3) is 0 Å². The maximum Gasteiger partial charge on any atom is 0.181 e. The summed E-state index contributed by atoms with van der Waals surface area (Å²) in [6.07, 6.45) is 6.56. The lowest BCUT2D eigenvalue weighted by Crippen LogP contribution is -2.37. The fourth-order valence-electron chi connectivity index (χ4n) is 4.90. The average molecular weight is 314 g/mol. The summed E-state index contributed by atoms with van der Waals surface area (Å²) in [5, 5.41) is -0.281. The van der Waals surface area contributed by atoms with E-state index in [-0.39, 0.29) is 11.2 Å². The van der Waals surface area contributed by atoms with Crippen LogP contribution in [0.1, 0.15) is 26.7 Å². The van der Waals surface area contributed by atoms with Crippen LogP contribution in [0.4, 0.5) is 0 Å². The van der Waals surface area contributed by atoms with E-state index in [1.807, 2.05) is 18.2 Å². The molecule has 1 aromatic carbocycles. The lowest BCUT2D eigenvalue weighted by molar-refractivity contribution is 0.427. The van der Waals surface area contributed by atoms with Gasteiger partial charge in [-0.05, 0) is 48.6 Å². The van der Waals surface area contributed by atoms with Gasteiger partial charge in [-0.15, -0.1) is 0 Å². The molecule has 1 aromatic rings. The third-order valence-electron chi connectivity index (χ3n) is 5.85.